The smallest absolute Gasteiger partial charge is 0.238 e. The Morgan fingerprint density at radius 2 is 1.84 bits per heavy atom. The van der Waals surface area contributed by atoms with Crippen molar-refractivity contribution < 1.29 is 9.59 Å². The van der Waals surface area contributed by atoms with Crippen LogP contribution in [0, 0.1) is 13.8 Å². The molecule has 0 unspecified atom stereocenters. The average molecular weight is 359 g/mol. The average Bonchev–Trinajstić information content (AvgIpc) is 3.10. The fraction of sp³-hybridized carbons (Fsp3) is 0.368. The topological polar surface area (TPSA) is 61.4 Å². The maximum atomic E-state index is 12.3. The summed E-state index contributed by atoms with van der Waals surface area (Å²) < 4.78 is 0. The monoisotopic (exact) mass is 359 g/mol. The van der Waals surface area contributed by atoms with E-state index < -0.39 is 0 Å². The zero-order chi connectivity index (χ0) is 18.2. The molecule has 0 bridgehead atoms. The van der Waals surface area contributed by atoms with Crippen LogP contribution in [0.5, 0.6) is 0 Å². The third-order valence-corrected chi connectivity index (χ3v) is 4.98. The maximum Gasteiger partial charge on any atom is 0.238 e. The van der Waals surface area contributed by atoms with Crippen molar-refractivity contribution in [3.05, 3.63) is 51.7 Å². The maximum absolute atomic E-state index is 12.3. The van der Waals surface area contributed by atoms with Crippen molar-refractivity contribution in [3.63, 3.8) is 0 Å². The highest BCUT2D eigenvalue weighted by Gasteiger charge is 2.14. The summed E-state index contributed by atoms with van der Waals surface area (Å²) in [5.41, 5.74) is 3.02. The fourth-order valence-corrected chi connectivity index (χ4v) is 3.06. The number of likely N-dealkylation sites (N-methyl/N-ethyl adjacent to an activating group) is 1. The SMILES string of the molecule is CCN(CC(=O)NCc1cccs1)CC(=O)Nc1cccc(C)c1C. The number of nitrogens with zero attached hydrogens (tertiary/aromatic N) is 1. The van der Waals surface area contributed by atoms with Gasteiger partial charge in [0.2, 0.25) is 11.8 Å². The van der Waals surface area contributed by atoms with Crippen LogP contribution < -0.4 is 10.6 Å². The highest BCUT2D eigenvalue weighted by molar-refractivity contribution is 7.09. The zero-order valence-electron chi connectivity index (χ0n) is 15.0. The Labute approximate surface area is 153 Å². The van der Waals surface area contributed by atoms with Crippen LogP contribution in [0.15, 0.2) is 35.7 Å². The van der Waals surface area contributed by atoms with E-state index in [0.717, 1.165) is 21.7 Å². The Balaban J connectivity index is 1.82. The van der Waals surface area contributed by atoms with Crippen molar-refractivity contribution in [2.75, 3.05) is 25.0 Å². The molecular formula is C19H25N3O2S. The second kappa shape index (κ2) is 9.34. The molecule has 0 radical (unpaired) electrons. The molecule has 134 valence electrons. The molecule has 2 rings (SSSR count). The van der Waals surface area contributed by atoms with E-state index in [1.165, 1.54) is 0 Å². The van der Waals surface area contributed by atoms with Crippen LogP contribution in [0.3, 0.4) is 0 Å². The van der Waals surface area contributed by atoms with Gasteiger partial charge in [0.25, 0.3) is 0 Å². The minimum atomic E-state index is -0.110. The lowest BCUT2D eigenvalue weighted by molar-refractivity contribution is -0.123. The third kappa shape index (κ3) is 5.99. The van der Waals surface area contributed by atoms with Crippen molar-refractivity contribution in [2.45, 2.75) is 27.3 Å². The predicted octanol–water partition coefficient (Wildman–Crippen LogP) is 2.94. The minimum Gasteiger partial charge on any atom is -0.350 e. The van der Waals surface area contributed by atoms with Gasteiger partial charge < -0.3 is 10.6 Å². The van der Waals surface area contributed by atoms with E-state index in [4.69, 9.17) is 0 Å². The Kier molecular flexibility index (Phi) is 7.16. The first-order chi connectivity index (χ1) is 12.0. The van der Waals surface area contributed by atoms with Gasteiger partial charge in [-0.05, 0) is 49.0 Å². The molecule has 0 fully saturated rings. The summed E-state index contributed by atoms with van der Waals surface area (Å²) in [5, 5.41) is 7.80. The molecule has 1 heterocycles. The highest BCUT2D eigenvalue weighted by atomic mass is 32.1. The molecule has 25 heavy (non-hydrogen) atoms. The number of benzene rings is 1. The molecule has 1 aromatic heterocycles. The summed E-state index contributed by atoms with van der Waals surface area (Å²) in [4.78, 5) is 27.3. The lowest BCUT2D eigenvalue weighted by Gasteiger charge is -2.20. The van der Waals surface area contributed by atoms with E-state index in [9.17, 15) is 9.59 Å². The lowest BCUT2D eigenvalue weighted by Crippen LogP contribution is -2.40. The molecule has 2 amide bonds. The van der Waals surface area contributed by atoms with Crippen LogP contribution in [0.4, 0.5) is 5.69 Å². The van der Waals surface area contributed by atoms with Crippen molar-refractivity contribution in [1.82, 2.24) is 10.2 Å². The van der Waals surface area contributed by atoms with Crippen molar-refractivity contribution >= 4 is 28.8 Å². The van der Waals surface area contributed by atoms with E-state index >= 15 is 0 Å². The number of aryl methyl sites for hydroxylation is 1. The Morgan fingerprint density at radius 3 is 2.52 bits per heavy atom. The number of anilines is 1. The van der Waals surface area contributed by atoms with Gasteiger partial charge in [-0.2, -0.15) is 0 Å². The van der Waals surface area contributed by atoms with Crippen LogP contribution in [0.1, 0.15) is 22.9 Å². The van der Waals surface area contributed by atoms with E-state index in [1.807, 2.05) is 61.4 Å². The second-order valence-corrected chi connectivity index (χ2v) is 6.99. The first-order valence-electron chi connectivity index (χ1n) is 8.37. The van der Waals surface area contributed by atoms with Gasteiger partial charge in [0.15, 0.2) is 0 Å². The number of carbonyl (C=O) groups is 2. The minimum absolute atomic E-state index is 0.0743. The summed E-state index contributed by atoms with van der Waals surface area (Å²) in [6, 6.07) is 9.78. The molecule has 0 atom stereocenters. The molecule has 0 saturated heterocycles. The summed E-state index contributed by atoms with van der Waals surface area (Å²) in [6.45, 7) is 7.51. The van der Waals surface area contributed by atoms with Crippen LogP contribution in [-0.2, 0) is 16.1 Å². The Morgan fingerprint density at radius 1 is 1.08 bits per heavy atom. The molecule has 0 spiro atoms. The summed E-state index contributed by atoms with van der Waals surface area (Å²) in [5.74, 6) is -0.184. The molecule has 2 aromatic rings. The van der Waals surface area contributed by atoms with E-state index in [-0.39, 0.29) is 24.9 Å². The van der Waals surface area contributed by atoms with Gasteiger partial charge >= 0.3 is 0 Å². The van der Waals surface area contributed by atoms with Gasteiger partial charge in [-0.1, -0.05) is 25.1 Å². The lowest BCUT2D eigenvalue weighted by atomic mass is 10.1. The number of hydrogen-bond donors (Lipinski definition) is 2. The first kappa shape index (κ1) is 19.1. The van der Waals surface area contributed by atoms with Crippen molar-refractivity contribution in [2.24, 2.45) is 0 Å². The van der Waals surface area contributed by atoms with Gasteiger partial charge in [0, 0.05) is 10.6 Å². The standard InChI is InChI=1S/C19H25N3O2S/c1-4-22(12-18(23)20-11-16-8-6-10-25-16)13-19(24)21-17-9-5-7-14(2)15(17)3/h5-10H,4,11-13H2,1-3H3,(H,20,23)(H,21,24). The van der Waals surface area contributed by atoms with Crippen molar-refractivity contribution in [3.8, 4) is 0 Å². The van der Waals surface area contributed by atoms with Crippen LogP contribution in [-0.4, -0.2) is 36.3 Å². The number of carbonyl (C=O) groups excluding carboxylic acids is 2. The normalized spacial score (nSPS) is 10.7. The van der Waals surface area contributed by atoms with Crippen LogP contribution in [0.2, 0.25) is 0 Å². The van der Waals surface area contributed by atoms with E-state index in [2.05, 4.69) is 10.6 Å². The molecule has 0 aliphatic rings. The number of nitrogens with one attached hydrogen (secondary N) is 2. The highest BCUT2D eigenvalue weighted by Crippen LogP contribution is 2.17. The summed E-state index contributed by atoms with van der Waals surface area (Å²) in [7, 11) is 0. The van der Waals surface area contributed by atoms with E-state index in [0.29, 0.717) is 13.1 Å². The van der Waals surface area contributed by atoms with E-state index in [1.54, 1.807) is 11.3 Å². The second-order valence-electron chi connectivity index (χ2n) is 5.96. The molecular weight excluding hydrogens is 334 g/mol. The van der Waals surface area contributed by atoms with Gasteiger partial charge in [-0.25, -0.2) is 0 Å². The largest absolute Gasteiger partial charge is 0.350 e. The van der Waals surface area contributed by atoms with Gasteiger partial charge in [-0.3, -0.25) is 14.5 Å². The quantitative estimate of drug-likeness (QED) is 0.762. The molecule has 5 nitrogen and oxygen atoms in total. The third-order valence-electron chi connectivity index (χ3n) is 4.10. The zero-order valence-corrected chi connectivity index (χ0v) is 15.8. The van der Waals surface area contributed by atoms with Gasteiger partial charge in [0.05, 0.1) is 19.6 Å². The number of thiophene rings is 1. The number of hydrogen-bond acceptors (Lipinski definition) is 4. The van der Waals surface area contributed by atoms with Gasteiger partial charge in [-0.15, -0.1) is 11.3 Å². The summed E-state index contributed by atoms with van der Waals surface area (Å²) in [6.07, 6.45) is 0. The molecule has 0 aliphatic carbocycles. The number of amides is 2. The first-order valence-corrected chi connectivity index (χ1v) is 9.25. The molecule has 6 heteroatoms. The number of rotatable bonds is 8. The molecule has 0 saturated carbocycles. The predicted molar refractivity (Wildman–Crippen MR) is 103 cm³/mol. The van der Waals surface area contributed by atoms with Crippen LogP contribution in [0.25, 0.3) is 0 Å². The Bertz CT molecular complexity index is 713. The van der Waals surface area contributed by atoms with Gasteiger partial charge in [0.1, 0.15) is 0 Å². The van der Waals surface area contributed by atoms with Crippen molar-refractivity contribution in [1.29, 1.82) is 0 Å². The Hall–Kier alpha value is -2.18. The summed E-state index contributed by atoms with van der Waals surface area (Å²) >= 11 is 1.61. The molecule has 1 aromatic carbocycles. The molecule has 0 aliphatic heterocycles. The fourth-order valence-electron chi connectivity index (χ4n) is 2.42. The van der Waals surface area contributed by atoms with Crippen LogP contribution >= 0.6 is 11.3 Å². The molecule has 2 N–H and O–H groups in total.